The van der Waals surface area contributed by atoms with Gasteiger partial charge in [0.05, 0.1) is 4.92 Å². The summed E-state index contributed by atoms with van der Waals surface area (Å²) in [4.78, 5) is 20.4. The van der Waals surface area contributed by atoms with Gasteiger partial charge in [0.15, 0.2) is 0 Å². The van der Waals surface area contributed by atoms with Gasteiger partial charge in [0, 0.05) is 17.0 Å². The number of carbonyl (C=O) groups is 1. The summed E-state index contributed by atoms with van der Waals surface area (Å²) in [6.45, 7) is 0. The average Bonchev–Trinajstić information content (AvgIpc) is 2.48. The monoisotopic (exact) mass is 199 g/mol. The normalized spacial score (nSPS) is 10.5. The van der Waals surface area contributed by atoms with Crippen LogP contribution in [0.4, 0.5) is 5.00 Å². The summed E-state index contributed by atoms with van der Waals surface area (Å²) < 4.78 is 0. The van der Waals surface area contributed by atoms with Crippen LogP contribution in [0.25, 0.3) is 6.08 Å². The summed E-state index contributed by atoms with van der Waals surface area (Å²) in [5, 5.41) is 18.5. The van der Waals surface area contributed by atoms with Crippen LogP contribution in [-0.4, -0.2) is 16.0 Å². The van der Waals surface area contributed by atoms with Crippen molar-refractivity contribution in [1.82, 2.24) is 0 Å². The van der Waals surface area contributed by atoms with Crippen LogP contribution in [0.1, 0.15) is 4.88 Å². The first-order chi connectivity index (χ1) is 6.09. The van der Waals surface area contributed by atoms with Gasteiger partial charge in [0.2, 0.25) is 0 Å². The van der Waals surface area contributed by atoms with E-state index >= 15 is 0 Å². The lowest BCUT2D eigenvalue weighted by Gasteiger charge is -1.80. The topological polar surface area (TPSA) is 80.4 Å². The number of hydrogen-bond donors (Lipinski definition) is 1. The molecule has 0 atom stereocenters. The number of aliphatic carboxylic acids is 1. The molecule has 0 fully saturated rings. The second kappa shape index (κ2) is 3.81. The van der Waals surface area contributed by atoms with Gasteiger partial charge in [-0.05, 0) is 12.1 Å². The number of rotatable bonds is 3. The van der Waals surface area contributed by atoms with Crippen molar-refractivity contribution in [2.75, 3.05) is 0 Å². The second-order valence-electron chi connectivity index (χ2n) is 2.10. The van der Waals surface area contributed by atoms with Crippen molar-refractivity contribution in [2.24, 2.45) is 0 Å². The summed E-state index contributed by atoms with van der Waals surface area (Å²) in [7, 11) is 0. The van der Waals surface area contributed by atoms with Crippen LogP contribution in [0.2, 0.25) is 0 Å². The molecule has 0 aliphatic heterocycles. The molecule has 1 rings (SSSR count). The molecular formula is C7H5NO4S. The Morgan fingerprint density at radius 1 is 1.62 bits per heavy atom. The molecule has 1 aromatic heterocycles. The Morgan fingerprint density at radius 2 is 2.31 bits per heavy atom. The van der Waals surface area contributed by atoms with Gasteiger partial charge < -0.3 is 5.11 Å². The van der Waals surface area contributed by atoms with Crippen LogP contribution >= 0.6 is 11.3 Å². The molecule has 13 heavy (non-hydrogen) atoms. The highest BCUT2D eigenvalue weighted by Gasteiger charge is 2.07. The molecule has 0 amide bonds. The Morgan fingerprint density at radius 3 is 2.77 bits per heavy atom. The van der Waals surface area contributed by atoms with E-state index in [4.69, 9.17) is 5.11 Å². The highest BCUT2D eigenvalue weighted by molar-refractivity contribution is 7.16. The van der Waals surface area contributed by atoms with Crippen LogP contribution in [0.15, 0.2) is 18.2 Å². The van der Waals surface area contributed by atoms with Crippen molar-refractivity contribution >= 4 is 28.4 Å². The molecule has 0 aliphatic rings. The molecule has 0 radical (unpaired) electrons. The Kier molecular flexibility index (Phi) is 2.76. The molecule has 6 heteroatoms. The van der Waals surface area contributed by atoms with Crippen LogP contribution in [-0.2, 0) is 4.79 Å². The van der Waals surface area contributed by atoms with Gasteiger partial charge in [-0.1, -0.05) is 11.3 Å². The van der Waals surface area contributed by atoms with E-state index in [0.717, 1.165) is 17.4 Å². The van der Waals surface area contributed by atoms with Crippen LogP contribution in [0.5, 0.6) is 0 Å². The highest BCUT2D eigenvalue weighted by atomic mass is 32.1. The summed E-state index contributed by atoms with van der Waals surface area (Å²) in [6.07, 6.45) is 2.26. The fourth-order valence-electron chi connectivity index (χ4n) is 0.683. The number of thiophene rings is 1. The van der Waals surface area contributed by atoms with E-state index in [1.807, 2.05) is 0 Å². The van der Waals surface area contributed by atoms with Crippen LogP contribution < -0.4 is 0 Å². The molecular weight excluding hydrogens is 194 g/mol. The van der Waals surface area contributed by atoms with E-state index in [1.54, 1.807) is 0 Å². The summed E-state index contributed by atoms with van der Waals surface area (Å²) in [5.41, 5.74) is 0. The molecule has 0 bridgehead atoms. The van der Waals surface area contributed by atoms with Crippen molar-refractivity contribution in [3.8, 4) is 0 Å². The Bertz CT molecular complexity index is 368. The molecule has 1 N–H and O–H groups in total. The lowest BCUT2D eigenvalue weighted by atomic mass is 10.4. The number of nitro groups is 1. The van der Waals surface area contributed by atoms with Crippen molar-refractivity contribution in [3.05, 3.63) is 33.2 Å². The van der Waals surface area contributed by atoms with E-state index in [9.17, 15) is 14.9 Å². The molecule has 0 aromatic carbocycles. The fourth-order valence-corrected chi connectivity index (χ4v) is 1.41. The zero-order chi connectivity index (χ0) is 9.84. The predicted molar refractivity (Wildman–Crippen MR) is 47.6 cm³/mol. The van der Waals surface area contributed by atoms with Gasteiger partial charge in [0.1, 0.15) is 0 Å². The first-order valence-corrected chi connectivity index (χ1v) is 4.06. The molecule has 0 saturated heterocycles. The maximum atomic E-state index is 10.2. The van der Waals surface area contributed by atoms with Crippen molar-refractivity contribution in [2.45, 2.75) is 0 Å². The smallest absolute Gasteiger partial charge is 0.328 e. The summed E-state index contributed by atoms with van der Waals surface area (Å²) in [5.74, 6) is -1.07. The quantitative estimate of drug-likeness (QED) is 0.457. The second-order valence-corrected chi connectivity index (χ2v) is 3.20. The predicted octanol–water partition coefficient (Wildman–Crippen LogP) is 1.75. The minimum atomic E-state index is -1.07. The van der Waals surface area contributed by atoms with E-state index in [0.29, 0.717) is 4.88 Å². The maximum absolute atomic E-state index is 10.2. The van der Waals surface area contributed by atoms with Gasteiger partial charge in [-0.25, -0.2) is 4.79 Å². The molecule has 0 aliphatic carbocycles. The number of nitrogens with zero attached hydrogens (tertiary/aromatic N) is 1. The minimum absolute atomic E-state index is 0.00467. The molecule has 1 aromatic rings. The molecule has 5 nitrogen and oxygen atoms in total. The van der Waals surface area contributed by atoms with E-state index in [-0.39, 0.29) is 5.00 Å². The number of carboxylic acids is 1. The zero-order valence-electron chi connectivity index (χ0n) is 6.34. The third kappa shape index (κ3) is 2.68. The molecule has 1 heterocycles. The first kappa shape index (κ1) is 9.40. The standard InChI is InChI=1S/C7H5NO4S/c9-7(10)4-2-5-1-3-6(13-5)8(11)12/h1-4H,(H,9,10). The van der Waals surface area contributed by atoms with Crippen molar-refractivity contribution in [3.63, 3.8) is 0 Å². The number of carboxylic acid groups (broad SMARTS) is 1. The molecule has 0 spiro atoms. The first-order valence-electron chi connectivity index (χ1n) is 3.25. The van der Waals surface area contributed by atoms with Crippen molar-refractivity contribution < 1.29 is 14.8 Å². The van der Waals surface area contributed by atoms with Gasteiger partial charge in [-0.3, -0.25) is 10.1 Å². The average molecular weight is 199 g/mol. The van der Waals surface area contributed by atoms with Crippen LogP contribution in [0.3, 0.4) is 0 Å². The van der Waals surface area contributed by atoms with Gasteiger partial charge >= 0.3 is 11.0 Å². The highest BCUT2D eigenvalue weighted by Crippen LogP contribution is 2.24. The van der Waals surface area contributed by atoms with Crippen molar-refractivity contribution in [1.29, 1.82) is 0 Å². The zero-order valence-corrected chi connectivity index (χ0v) is 7.15. The Hall–Kier alpha value is -1.69. The lowest BCUT2D eigenvalue weighted by Crippen LogP contribution is -1.84. The third-order valence-corrected chi connectivity index (χ3v) is 2.18. The Balaban J connectivity index is 2.80. The lowest BCUT2D eigenvalue weighted by molar-refractivity contribution is -0.380. The van der Waals surface area contributed by atoms with Gasteiger partial charge in [-0.2, -0.15) is 0 Å². The summed E-state index contributed by atoms with van der Waals surface area (Å²) >= 11 is 0.934. The van der Waals surface area contributed by atoms with Gasteiger partial charge in [0.25, 0.3) is 0 Å². The number of hydrogen-bond acceptors (Lipinski definition) is 4. The largest absolute Gasteiger partial charge is 0.478 e. The van der Waals surface area contributed by atoms with E-state index in [1.165, 1.54) is 18.2 Å². The maximum Gasteiger partial charge on any atom is 0.328 e. The Labute approximate surface area is 77.1 Å². The molecule has 68 valence electrons. The minimum Gasteiger partial charge on any atom is -0.478 e. The SMILES string of the molecule is O=C(O)C=Cc1ccc([N+](=O)[O-])s1. The van der Waals surface area contributed by atoms with Gasteiger partial charge in [-0.15, -0.1) is 0 Å². The fraction of sp³-hybridized carbons (Fsp3) is 0. The molecule has 0 saturated carbocycles. The van der Waals surface area contributed by atoms with E-state index in [2.05, 4.69) is 0 Å². The van der Waals surface area contributed by atoms with E-state index < -0.39 is 10.9 Å². The third-order valence-electron chi connectivity index (χ3n) is 1.18. The van der Waals surface area contributed by atoms with Crippen LogP contribution in [0, 0.1) is 10.1 Å². The molecule has 0 unspecified atom stereocenters. The summed E-state index contributed by atoms with van der Waals surface area (Å²) in [6, 6.07) is 2.84.